The third-order valence-corrected chi connectivity index (χ3v) is 3.38. The molecule has 0 saturated heterocycles. The van der Waals surface area contributed by atoms with E-state index < -0.39 is 11.7 Å². The molecule has 0 aromatic heterocycles. The molecule has 23 heavy (non-hydrogen) atoms. The predicted molar refractivity (Wildman–Crippen MR) is 93.7 cm³/mol. The van der Waals surface area contributed by atoms with Crippen LogP contribution in [0.25, 0.3) is 0 Å². The van der Waals surface area contributed by atoms with Crippen LogP contribution in [0.4, 0.5) is 10.5 Å². The van der Waals surface area contributed by atoms with Crippen LogP contribution in [-0.2, 0) is 16.0 Å². The molecule has 0 aliphatic carbocycles. The Kier molecular flexibility index (Phi) is 7.03. The number of rotatable bonds is 7. The van der Waals surface area contributed by atoms with Crippen molar-refractivity contribution in [3.05, 3.63) is 29.8 Å². The Morgan fingerprint density at radius 2 is 1.70 bits per heavy atom. The lowest BCUT2D eigenvalue weighted by Crippen LogP contribution is -2.28. The van der Waals surface area contributed by atoms with Crippen molar-refractivity contribution in [1.29, 1.82) is 0 Å². The number of hydrogen-bond donors (Lipinski definition) is 2. The van der Waals surface area contributed by atoms with Crippen LogP contribution >= 0.6 is 0 Å². The fourth-order valence-electron chi connectivity index (χ4n) is 1.85. The smallest absolute Gasteiger partial charge is 0.412 e. The van der Waals surface area contributed by atoms with E-state index in [0.29, 0.717) is 0 Å². The summed E-state index contributed by atoms with van der Waals surface area (Å²) in [6.45, 7) is 11.3. The highest BCUT2D eigenvalue weighted by atomic mass is 16.6. The Bertz CT molecular complexity index is 490. The summed E-state index contributed by atoms with van der Waals surface area (Å²) in [4.78, 5) is 11.7. The molecule has 1 rings (SSSR count). The zero-order chi connectivity index (χ0) is 17.5. The third kappa shape index (κ3) is 8.57. The van der Waals surface area contributed by atoms with Crippen molar-refractivity contribution in [2.45, 2.75) is 58.8 Å². The quantitative estimate of drug-likeness (QED) is 0.747. The zero-order valence-electron chi connectivity index (χ0n) is 15.2. The van der Waals surface area contributed by atoms with Crippen LogP contribution in [0.5, 0.6) is 0 Å². The maximum absolute atomic E-state index is 11.7. The molecule has 0 aliphatic rings. The molecular weight excluding hydrogens is 292 g/mol. The van der Waals surface area contributed by atoms with Crippen LogP contribution < -0.4 is 10.6 Å². The van der Waals surface area contributed by atoms with Crippen molar-refractivity contribution < 1.29 is 14.3 Å². The first-order valence-corrected chi connectivity index (χ1v) is 7.96. The molecule has 1 aromatic carbocycles. The monoisotopic (exact) mass is 322 g/mol. The molecule has 0 heterocycles. The second-order valence-electron chi connectivity index (χ2n) is 7.21. The summed E-state index contributed by atoms with van der Waals surface area (Å²) >= 11 is 0. The summed E-state index contributed by atoms with van der Waals surface area (Å²) in [5.41, 5.74) is 1.29. The van der Waals surface area contributed by atoms with E-state index in [1.807, 2.05) is 45.0 Å². The first-order valence-electron chi connectivity index (χ1n) is 7.96. The summed E-state index contributed by atoms with van der Waals surface area (Å²) in [5.74, 6) is 0. The summed E-state index contributed by atoms with van der Waals surface area (Å²) in [7, 11) is 1.73. The van der Waals surface area contributed by atoms with Crippen LogP contribution in [0.3, 0.4) is 0 Å². The highest BCUT2D eigenvalue weighted by molar-refractivity contribution is 5.84. The molecule has 130 valence electrons. The summed E-state index contributed by atoms with van der Waals surface area (Å²) < 4.78 is 10.6. The number of hydrogen-bond acceptors (Lipinski definition) is 4. The molecule has 5 nitrogen and oxygen atoms in total. The molecular formula is C18H30N2O3. The minimum absolute atomic E-state index is 0.103. The van der Waals surface area contributed by atoms with Crippen molar-refractivity contribution in [2.75, 3.05) is 19.0 Å². The molecule has 2 N–H and O–H groups in total. The van der Waals surface area contributed by atoms with Crippen LogP contribution in [-0.4, -0.2) is 30.9 Å². The van der Waals surface area contributed by atoms with Gasteiger partial charge in [0, 0.05) is 19.3 Å². The number of carbonyl (C=O) groups is 1. The summed E-state index contributed by atoms with van der Waals surface area (Å²) in [6, 6.07) is 7.72. The lowest BCUT2D eigenvalue weighted by atomic mass is 10.1. The van der Waals surface area contributed by atoms with Gasteiger partial charge in [-0.25, -0.2) is 4.79 Å². The Balaban J connectivity index is 2.38. The standard InChI is InChI=1S/C18H30N2O3/c1-17(2,3)23-16(21)20-15-9-7-14(8-10-15)13-19-12-11-18(4,5)22-6/h7-10,19H,11-13H2,1-6H3,(H,20,21). The maximum Gasteiger partial charge on any atom is 0.412 e. The Hall–Kier alpha value is -1.59. The first kappa shape index (κ1) is 19.5. The van der Waals surface area contributed by atoms with Crippen LogP contribution in [0, 0.1) is 0 Å². The number of ether oxygens (including phenoxy) is 2. The van der Waals surface area contributed by atoms with E-state index in [0.717, 1.165) is 30.8 Å². The largest absolute Gasteiger partial charge is 0.444 e. The number of benzene rings is 1. The van der Waals surface area contributed by atoms with Gasteiger partial charge in [-0.2, -0.15) is 0 Å². The number of methoxy groups -OCH3 is 1. The highest BCUT2D eigenvalue weighted by Crippen LogP contribution is 2.14. The molecule has 0 aliphatic heterocycles. The number of carbonyl (C=O) groups excluding carboxylic acids is 1. The lowest BCUT2D eigenvalue weighted by molar-refractivity contribution is 0.0158. The van der Waals surface area contributed by atoms with Crippen LogP contribution in [0.2, 0.25) is 0 Å². The molecule has 5 heteroatoms. The number of anilines is 1. The average molecular weight is 322 g/mol. The van der Waals surface area contributed by atoms with Crippen LogP contribution in [0.1, 0.15) is 46.6 Å². The summed E-state index contributed by atoms with van der Waals surface area (Å²) in [5, 5.41) is 6.11. The van der Waals surface area contributed by atoms with Crippen molar-refractivity contribution in [3.63, 3.8) is 0 Å². The van der Waals surface area contributed by atoms with E-state index in [1.54, 1.807) is 7.11 Å². The zero-order valence-corrected chi connectivity index (χ0v) is 15.2. The van der Waals surface area contributed by atoms with Crippen molar-refractivity contribution in [2.24, 2.45) is 0 Å². The molecule has 0 saturated carbocycles. The maximum atomic E-state index is 11.7. The van der Waals surface area contributed by atoms with Crippen LogP contribution in [0.15, 0.2) is 24.3 Å². The highest BCUT2D eigenvalue weighted by Gasteiger charge is 2.16. The molecule has 1 amide bonds. The fourth-order valence-corrected chi connectivity index (χ4v) is 1.85. The van der Waals surface area contributed by atoms with Gasteiger partial charge in [0.25, 0.3) is 0 Å². The molecule has 0 unspecified atom stereocenters. The SMILES string of the molecule is COC(C)(C)CCNCc1ccc(NC(=O)OC(C)(C)C)cc1. The molecule has 0 bridgehead atoms. The van der Waals surface area contributed by atoms with E-state index in [9.17, 15) is 4.79 Å². The Morgan fingerprint density at radius 1 is 1.09 bits per heavy atom. The van der Waals surface area contributed by atoms with Gasteiger partial charge in [0.15, 0.2) is 0 Å². The minimum Gasteiger partial charge on any atom is -0.444 e. The van der Waals surface area contributed by atoms with E-state index in [2.05, 4.69) is 24.5 Å². The summed E-state index contributed by atoms with van der Waals surface area (Å²) in [6.07, 6.45) is 0.507. The van der Waals surface area contributed by atoms with E-state index in [1.165, 1.54) is 0 Å². The minimum atomic E-state index is -0.496. The van der Waals surface area contributed by atoms with Gasteiger partial charge in [0.1, 0.15) is 5.60 Å². The predicted octanol–water partition coefficient (Wildman–Crippen LogP) is 3.94. The van der Waals surface area contributed by atoms with Gasteiger partial charge in [-0.15, -0.1) is 0 Å². The lowest BCUT2D eigenvalue weighted by Gasteiger charge is -2.22. The Morgan fingerprint density at radius 3 is 2.22 bits per heavy atom. The molecule has 0 spiro atoms. The third-order valence-electron chi connectivity index (χ3n) is 3.38. The van der Waals surface area contributed by atoms with Gasteiger partial charge in [-0.05, 0) is 65.3 Å². The normalized spacial score (nSPS) is 12.1. The van der Waals surface area contributed by atoms with Gasteiger partial charge >= 0.3 is 6.09 Å². The van der Waals surface area contributed by atoms with Gasteiger partial charge in [-0.1, -0.05) is 12.1 Å². The van der Waals surface area contributed by atoms with Gasteiger partial charge in [0.05, 0.1) is 5.60 Å². The topological polar surface area (TPSA) is 59.6 Å². The Labute approximate surface area is 139 Å². The van der Waals surface area contributed by atoms with E-state index >= 15 is 0 Å². The van der Waals surface area contributed by atoms with Crippen molar-refractivity contribution in [1.82, 2.24) is 5.32 Å². The second kappa shape index (κ2) is 8.31. The van der Waals surface area contributed by atoms with E-state index in [4.69, 9.17) is 9.47 Å². The first-order chi connectivity index (χ1) is 10.6. The van der Waals surface area contributed by atoms with Crippen molar-refractivity contribution in [3.8, 4) is 0 Å². The number of nitrogens with one attached hydrogen (secondary N) is 2. The fraction of sp³-hybridized carbons (Fsp3) is 0.611. The van der Waals surface area contributed by atoms with Gasteiger partial charge in [0.2, 0.25) is 0 Å². The van der Waals surface area contributed by atoms with Crippen molar-refractivity contribution >= 4 is 11.8 Å². The molecule has 0 radical (unpaired) electrons. The molecule has 0 atom stereocenters. The molecule has 1 aromatic rings. The number of amides is 1. The van der Waals surface area contributed by atoms with Gasteiger partial charge < -0.3 is 14.8 Å². The van der Waals surface area contributed by atoms with Gasteiger partial charge in [-0.3, -0.25) is 5.32 Å². The average Bonchev–Trinajstić information content (AvgIpc) is 2.43. The second-order valence-corrected chi connectivity index (χ2v) is 7.21. The van der Waals surface area contributed by atoms with E-state index in [-0.39, 0.29) is 5.60 Å². The molecule has 0 fully saturated rings.